The lowest BCUT2D eigenvalue weighted by atomic mass is 10.0. The summed E-state index contributed by atoms with van der Waals surface area (Å²) in [5.74, 6) is 1.01. The predicted molar refractivity (Wildman–Crippen MR) is 89.5 cm³/mol. The van der Waals surface area contributed by atoms with E-state index in [2.05, 4.69) is 24.8 Å². The fourth-order valence-electron chi connectivity index (χ4n) is 2.75. The third-order valence-electron chi connectivity index (χ3n) is 3.97. The minimum absolute atomic E-state index is 0.343. The van der Waals surface area contributed by atoms with Crippen molar-refractivity contribution in [3.63, 3.8) is 0 Å². The predicted octanol–water partition coefficient (Wildman–Crippen LogP) is 5.74. The van der Waals surface area contributed by atoms with Crippen LogP contribution in [-0.4, -0.2) is 12.6 Å². The van der Waals surface area contributed by atoms with Gasteiger partial charge in [-0.1, -0.05) is 18.2 Å². The Labute approximate surface area is 139 Å². The molecule has 0 N–H and O–H groups in total. The molecular weight excluding hydrogens is 315 g/mol. The van der Waals surface area contributed by atoms with Gasteiger partial charge in [0, 0.05) is 23.8 Å². The van der Waals surface area contributed by atoms with Crippen LogP contribution in [-0.2, 0) is 6.18 Å². The molecule has 0 aliphatic carbocycles. The zero-order valence-electron chi connectivity index (χ0n) is 13.5. The Hall–Kier alpha value is -2.43. The number of nitrogens with zero attached hydrogens (tertiary/aromatic N) is 1. The number of alkyl halides is 3. The molecule has 2 aromatic carbocycles. The highest BCUT2D eigenvalue weighted by atomic mass is 19.4. The molecule has 2 aromatic rings. The second kappa shape index (κ2) is 6.23. The van der Waals surface area contributed by atoms with Crippen LogP contribution >= 0.6 is 0 Å². The summed E-state index contributed by atoms with van der Waals surface area (Å²) >= 11 is 0. The third kappa shape index (κ3) is 3.25. The lowest BCUT2D eigenvalue weighted by Crippen LogP contribution is -2.32. The Morgan fingerprint density at radius 1 is 1.04 bits per heavy atom. The van der Waals surface area contributed by atoms with Gasteiger partial charge in [-0.15, -0.1) is 0 Å². The van der Waals surface area contributed by atoms with Gasteiger partial charge in [0.15, 0.2) is 0 Å². The van der Waals surface area contributed by atoms with E-state index in [0.717, 1.165) is 29.9 Å². The molecule has 3 rings (SSSR count). The highest BCUT2D eigenvalue weighted by molar-refractivity contribution is 5.76. The molecule has 0 unspecified atom stereocenters. The standard InChI is InChI=1S/C19H18F3NO/c1-13(2)23-12-4-5-16-17(23)6-3-7-18(16)24-15-10-8-14(9-11-15)19(20,21)22/h3-11,13H,12H2,1-2H3. The van der Waals surface area contributed by atoms with Crippen LogP contribution in [0.4, 0.5) is 18.9 Å². The van der Waals surface area contributed by atoms with Crippen molar-refractivity contribution in [3.05, 3.63) is 59.7 Å². The molecular formula is C19H18F3NO. The van der Waals surface area contributed by atoms with E-state index in [-0.39, 0.29) is 0 Å². The van der Waals surface area contributed by atoms with Crippen molar-refractivity contribution in [3.8, 4) is 11.5 Å². The van der Waals surface area contributed by atoms with Crippen molar-refractivity contribution < 1.29 is 17.9 Å². The summed E-state index contributed by atoms with van der Waals surface area (Å²) < 4.78 is 43.7. The molecule has 1 heterocycles. The van der Waals surface area contributed by atoms with Crippen molar-refractivity contribution in [2.45, 2.75) is 26.1 Å². The van der Waals surface area contributed by atoms with E-state index in [1.54, 1.807) is 0 Å². The Bertz CT molecular complexity index is 748. The molecule has 0 saturated carbocycles. The summed E-state index contributed by atoms with van der Waals surface area (Å²) in [6, 6.07) is 10.8. The van der Waals surface area contributed by atoms with Gasteiger partial charge in [-0.3, -0.25) is 0 Å². The molecule has 0 fully saturated rings. The van der Waals surface area contributed by atoms with E-state index in [0.29, 0.717) is 17.5 Å². The molecule has 0 saturated heterocycles. The normalized spacial score (nSPS) is 14.0. The van der Waals surface area contributed by atoms with Crippen LogP contribution < -0.4 is 9.64 Å². The number of hydrogen-bond donors (Lipinski definition) is 0. The van der Waals surface area contributed by atoms with Crippen LogP contribution in [0.5, 0.6) is 11.5 Å². The smallest absolute Gasteiger partial charge is 0.416 e. The summed E-state index contributed by atoms with van der Waals surface area (Å²) in [6.07, 6.45) is -0.291. The molecule has 0 bridgehead atoms. The maximum atomic E-state index is 12.6. The van der Waals surface area contributed by atoms with Crippen molar-refractivity contribution in [2.75, 3.05) is 11.4 Å². The fraction of sp³-hybridized carbons (Fsp3) is 0.263. The van der Waals surface area contributed by atoms with Gasteiger partial charge in [0.25, 0.3) is 0 Å². The third-order valence-corrected chi connectivity index (χ3v) is 3.97. The van der Waals surface area contributed by atoms with Gasteiger partial charge in [0.1, 0.15) is 11.5 Å². The first-order valence-corrected chi connectivity index (χ1v) is 7.77. The van der Waals surface area contributed by atoms with E-state index < -0.39 is 11.7 Å². The SMILES string of the molecule is CC(C)N1CC=Cc2c(Oc3ccc(C(F)(F)F)cc3)cccc21. The first-order chi connectivity index (χ1) is 11.4. The minimum Gasteiger partial charge on any atom is -0.457 e. The van der Waals surface area contributed by atoms with Gasteiger partial charge in [-0.05, 0) is 50.2 Å². The summed E-state index contributed by atoms with van der Waals surface area (Å²) in [4.78, 5) is 2.24. The van der Waals surface area contributed by atoms with Crippen LogP contribution in [0.15, 0.2) is 48.5 Å². The Balaban J connectivity index is 1.89. The first-order valence-electron chi connectivity index (χ1n) is 7.77. The Morgan fingerprint density at radius 2 is 1.75 bits per heavy atom. The summed E-state index contributed by atoms with van der Waals surface area (Å²) in [5.41, 5.74) is 1.32. The summed E-state index contributed by atoms with van der Waals surface area (Å²) in [6.45, 7) is 5.06. The molecule has 126 valence electrons. The van der Waals surface area contributed by atoms with Crippen LogP contribution in [0.1, 0.15) is 25.0 Å². The topological polar surface area (TPSA) is 12.5 Å². The molecule has 0 atom stereocenters. The zero-order valence-corrected chi connectivity index (χ0v) is 13.5. The van der Waals surface area contributed by atoms with Crippen molar-refractivity contribution >= 4 is 11.8 Å². The van der Waals surface area contributed by atoms with E-state index in [4.69, 9.17) is 4.74 Å². The molecule has 24 heavy (non-hydrogen) atoms. The average molecular weight is 333 g/mol. The van der Waals surface area contributed by atoms with Crippen LogP contribution in [0, 0.1) is 0 Å². The van der Waals surface area contributed by atoms with E-state index >= 15 is 0 Å². The fourth-order valence-corrected chi connectivity index (χ4v) is 2.75. The van der Waals surface area contributed by atoms with E-state index in [9.17, 15) is 13.2 Å². The van der Waals surface area contributed by atoms with Crippen molar-refractivity contribution in [1.82, 2.24) is 0 Å². The lowest BCUT2D eigenvalue weighted by molar-refractivity contribution is -0.137. The molecule has 0 aromatic heterocycles. The van der Waals surface area contributed by atoms with Gasteiger partial charge >= 0.3 is 6.18 Å². The number of rotatable bonds is 3. The van der Waals surface area contributed by atoms with Crippen LogP contribution in [0.25, 0.3) is 6.08 Å². The zero-order chi connectivity index (χ0) is 17.3. The maximum Gasteiger partial charge on any atom is 0.416 e. The van der Waals surface area contributed by atoms with Crippen molar-refractivity contribution in [2.24, 2.45) is 0 Å². The lowest BCUT2D eigenvalue weighted by Gasteiger charge is -2.32. The number of anilines is 1. The molecule has 2 nitrogen and oxygen atoms in total. The second-order valence-electron chi connectivity index (χ2n) is 5.96. The largest absolute Gasteiger partial charge is 0.457 e. The quantitative estimate of drug-likeness (QED) is 0.710. The van der Waals surface area contributed by atoms with Crippen LogP contribution in [0.2, 0.25) is 0 Å². The monoisotopic (exact) mass is 333 g/mol. The molecule has 5 heteroatoms. The van der Waals surface area contributed by atoms with Crippen LogP contribution in [0.3, 0.4) is 0 Å². The van der Waals surface area contributed by atoms with Crippen molar-refractivity contribution in [1.29, 1.82) is 0 Å². The highest BCUT2D eigenvalue weighted by Crippen LogP contribution is 2.37. The molecule has 0 spiro atoms. The van der Waals surface area contributed by atoms with Gasteiger partial charge in [-0.25, -0.2) is 0 Å². The number of ether oxygens (including phenoxy) is 1. The summed E-state index contributed by atoms with van der Waals surface area (Å²) in [7, 11) is 0. The van der Waals surface area contributed by atoms with E-state index in [1.165, 1.54) is 12.1 Å². The maximum absolute atomic E-state index is 12.6. The number of hydrogen-bond acceptors (Lipinski definition) is 2. The molecule has 1 aliphatic rings. The van der Waals surface area contributed by atoms with E-state index in [1.807, 2.05) is 24.3 Å². The molecule has 0 amide bonds. The number of halogens is 3. The van der Waals surface area contributed by atoms with Gasteiger partial charge in [0.2, 0.25) is 0 Å². The highest BCUT2D eigenvalue weighted by Gasteiger charge is 2.30. The van der Waals surface area contributed by atoms with Gasteiger partial charge in [0.05, 0.1) is 5.56 Å². The first kappa shape index (κ1) is 16.4. The second-order valence-corrected chi connectivity index (χ2v) is 5.96. The number of benzene rings is 2. The molecule has 0 radical (unpaired) electrons. The Morgan fingerprint density at radius 3 is 2.38 bits per heavy atom. The van der Waals surface area contributed by atoms with Gasteiger partial charge in [-0.2, -0.15) is 13.2 Å². The molecule has 1 aliphatic heterocycles. The minimum atomic E-state index is -4.34. The Kier molecular flexibility index (Phi) is 4.26. The van der Waals surface area contributed by atoms with Gasteiger partial charge < -0.3 is 9.64 Å². The average Bonchev–Trinajstić information content (AvgIpc) is 2.54. The summed E-state index contributed by atoms with van der Waals surface area (Å²) in [5, 5.41) is 0. The number of fused-ring (bicyclic) bond motifs is 1.